The molecular weight excluding hydrogens is 667 g/mol. The van der Waals surface area contributed by atoms with Gasteiger partial charge in [-0.15, -0.1) is 0 Å². The monoisotopic (exact) mass is 766 g/mol. The Kier molecular flexibility index (Phi) is 44.5. The summed E-state index contributed by atoms with van der Waals surface area (Å²) in [4.78, 5) is 12.5. The van der Waals surface area contributed by atoms with Crippen LogP contribution in [-0.4, -0.2) is 46.1 Å². The van der Waals surface area contributed by atoms with E-state index in [9.17, 15) is 20.1 Å². The largest absolute Gasteiger partial charge is 0.394 e. The minimum atomic E-state index is -0.744. The first-order chi connectivity index (χ1) is 26.5. The number of carbonyl (C=O) groups excluding carboxylic acids is 1. The molecule has 0 heterocycles. The van der Waals surface area contributed by atoms with Gasteiger partial charge in [-0.2, -0.15) is 0 Å². The lowest BCUT2D eigenvalue weighted by Crippen LogP contribution is -2.46. The second kappa shape index (κ2) is 45.1. The summed E-state index contributed by atoms with van der Waals surface area (Å²) in [6.07, 6.45) is 52.3. The Balaban J connectivity index is 3.53. The van der Waals surface area contributed by atoms with Crippen LogP contribution >= 0.6 is 0 Å². The standard InChI is InChI=1S/C49H99NO4/c1-3-5-7-9-11-13-15-17-19-21-23-24-25-26-28-30-32-34-36-38-40-42-46(52)44-49(54)50-47(45-51)48(53)43-41-39-37-35-33-31-29-27-22-20-18-16-14-12-10-8-6-4-2/h46-48,51-53H,3-45H2,1-2H3,(H,50,54). The van der Waals surface area contributed by atoms with Gasteiger partial charge in [-0.3, -0.25) is 4.79 Å². The van der Waals surface area contributed by atoms with E-state index in [0.29, 0.717) is 12.8 Å². The van der Waals surface area contributed by atoms with E-state index in [1.165, 1.54) is 225 Å². The first-order valence-electron chi connectivity index (χ1n) is 24.8. The summed E-state index contributed by atoms with van der Waals surface area (Å²) in [5.41, 5.74) is 0. The Morgan fingerprint density at radius 3 is 0.889 bits per heavy atom. The van der Waals surface area contributed by atoms with Crippen LogP contribution in [0.3, 0.4) is 0 Å². The quantitative estimate of drug-likeness (QED) is 0.0465. The summed E-state index contributed by atoms with van der Waals surface area (Å²) in [6.45, 7) is 4.30. The van der Waals surface area contributed by atoms with Crippen molar-refractivity contribution in [1.82, 2.24) is 5.32 Å². The lowest BCUT2D eigenvalue weighted by molar-refractivity contribution is -0.125. The first-order valence-corrected chi connectivity index (χ1v) is 24.8. The molecule has 3 atom stereocenters. The van der Waals surface area contributed by atoms with Crippen molar-refractivity contribution in [3.63, 3.8) is 0 Å². The molecule has 0 aromatic carbocycles. The van der Waals surface area contributed by atoms with Crippen LogP contribution in [0.4, 0.5) is 0 Å². The molecule has 0 bridgehead atoms. The second-order valence-electron chi connectivity index (χ2n) is 17.4. The Labute approximate surface area is 338 Å². The average Bonchev–Trinajstić information content (AvgIpc) is 3.16. The van der Waals surface area contributed by atoms with Crippen LogP contribution in [-0.2, 0) is 4.79 Å². The molecule has 0 fully saturated rings. The normalized spacial score (nSPS) is 13.4. The summed E-state index contributed by atoms with van der Waals surface area (Å²) < 4.78 is 0. The van der Waals surface area contributed by atoms with Gasteiger partial charge in [0, 0.05) is 0 Å². The molecule has 1 amide bonds. The molecule has 3 unspecified atom stereocenters. The number of hydrogen-bond acceptors (Lipinski definition) is 4. The van der Waals surface area contributed by atoms with E-state index < -0.39 is 18.2 Å². The lowest BCUT2D eigenvalue weighted by atomic mass is 10.0. The minimum Gasteiger partial charge on any atom is -0.394 e. The molecule has 0 spiro atoms. The Hall–Kier alpha value is -0.650. The van der Waals surface area contributed by atoms with E-state index >= 15 is 0 Å². The number of aliphatic hydroxyl groups excluding tert-OH is 3. The molecule has 0 rings (SSSR count). The van der Waals surface area contributed by atoms with Crippen molar-refractivity contribution in [3.8, 4) is 0 Å². The number of carbonyl (C=O) groups is 1. The Bertz CT molecular complexity index is 718. The zero-order valence-electron chi connectivity index (χ0n) is 36.9. The van der Waals surface area contributed by atoms with Gasteiger partial charge in [-0.05, 0) is 12.8 Å². The highest BCUT2D eigenvalue weighted by Gasteiger charge is 2.21. The Morgan fingerprint density at radius 1 is 0.389 bits per heavy atom. The van der Waals surface area contributed by atoms with Crippen molar-refractivity contribution in [2.45, 2.75) is 302 Å². The maximum absolute atomic E-state index is 12.5. The highest BCUT2D eigenvalue weighted by Crippen LogP contribution is 2.18. The molecule has 0 aromatic rings. The summed E-state index contributed by atoms with van der Waals surface area (Å²) >= 11 is 0. The van der Waals surface area contributed by atoms with Crippen LogP contribution in [0.5, 0.6) is 0 Å². The van der Waals surface area contributed by atoms with E-state index in [0.717, 1.165) is 25.7 Å². The third-order valence-corrected chi connectivity index (χ3v) is 11.9. The van der Waals surface area contributed by atoms with Crippen molar-refractivity contribution in [3.05, 3.63) is 0 Å². The highest BCUT2D eigenvalue weighted by molar-refractivity contribution is 5.76. The molecule has 5 nitrogen and oxygen atoms in total. The van der Waals surface area contributed by atoms with Gasteiger partial charge in [0.1, 0.15) is 0 Å². The van der Waals surface area contributed by atoms with Gasteiger partial charge in [0.2, 0.25) is 5.91 Å². The number of unbranched alkanes of at least 4 members (excludes halogenated alkanes) is 37. The molecule has 0 saturated heterocycles. The SMILES string of the molecule is CCCCCCCCCCCCCCCCCCCCCCCC(O)CC(=O)NC(CO)C(O)CCCCCCCCCCCCCCCCCCCC. The maximum atomic E-state index is 12.5. The van der Waals surface area contributed by atoms with Crippen LogP contribution in [0.2, 0.25) is 0 Å². The molecule has 0 saturated carbocycles. The number of nitrogens with one attached hydrogen (secondary N) is 1. The van der Waals surface area contributed by atoms with Gasteiger partial charge >= 0.3 is 0 Å². The third-order valence-electron chi connectivity index (χ3n) is 11.9. The number of rotatable bonds is 46. The smallest absolute Gasteiger partial charge is 0.222 e. The maximum Gasteiger partial charge on any atom is 0.222 e. The fourth-order valence-electron chi connectivity index (χ4n) is 8.11. The van der Waals surface area contributed by atoms with E-state index in [1.807, 2.05) is 0 Å². The van der Waals surface area contributed by atoms with E-state index in [1.54, 1.807) is 0 Å². The van der Waals surface area contributed by atoms with Gasteiger partial charge < -0.3 is 20.6 Å². The molecular formula is C49H99NO4. The zero-order valence-corrected chi connectivity index (χ0v) is 36.9. The fraction of sp³-hybridized carbons (Fsp3) is 0.980. The van der Waals surface area contributed by atoms with Crippen LogP contribution < -0.4 is 5.32 Å². The summed E-state index contributed by atoms with van der Waals surface area (Å²) in [5, 5.41) is 33.5. The molecule has 0 radical (unpaired) electrons. The second-order valence-corrected chi connectivity index (χ2v) is 17.4. The van der Waals surface area contributed by atoms with Crippen molar-refractivity contribution in [2.24, 2.45) is 0 Å². The lowest BCUT2D eigenvalue weighted by Gasteiger charge is -2.23. The third kappa shape index (κ3) is 41.0. The van der Waals surface area contributed by atoms with Crippen molar-refractivity contribution in [1.29, 1.82) is 0 Å². The molecule has 0 aliphatic heterocycles. The predicted octanol–water partition coefficient (Wildman–Crippen LogP) is 14.6. The van der Waals surface area contributed by atoms with Crippen molar-refractivity contribution < 1.29 is 20.1 Å². The van der Waals surface area contributed by atoms with Crippen LogP contribution in [0.25, 0.3) is 0 Å². The Morgan fingerprint density at radius 2 is 0.630 bits per heavy atom. The van der Waals surface area contributed by atoms with Gasteiger partial charge in [0.15, 0.2) is 0 Å². The number of amides is 1. The fourth-order valence-corrected chi connectivity index (χ4v) is 8.11. The predicted molar refractivity (Wildman–Crippen MR) is 236 cm³/mol. The van der Waals surface area contributed by atoms with E-state index in [-0.39, 0.29) is 18.9 Å². The molecule has 0 aliphatic carbocycles. The molecule has 5 heteroatoms. The molecule has 0 aromatic heterocycles. The molecule has 54 heavy (non-hydrogen) atoms. The average molecular weight is 766 g/mol. The zero-order chi connectivity index (χ0) is 39.4. The summed E-state index contributed by atoms with van der Waals surface area (Å²) in [7, 11) is 0. The topological polar surface area (TPSA) is 89.8 Å². The van der Waals surface area contributed by atoms with Crippen LogP contribution in [0.15, 0.2) is 0 Å². The molecule has 324 valence electrons. The minimum absolute atomic E-state index is 0.0433. The highest BCUT2D eigenvalue weighted by atomic mass is 16.3. The molecule has 0 aliphatic rings. The number of aliphatic hydroxyl groups is 3. The van der Waals surface area contributed by atoms with Gasteiger partial charge in [-0.25, -0.2) is 0 Å². The summed E-state index contributed by atoms with van der Waals surface area (Å²) in [5.74, 6) is -0.276. The summed E-state index contributed by atoms with van der Waals surface area (Å²) in [6, 6.07) is -0.653. The van der Waals surface area contributed by atoms with E-state index in [2.05, 4.69) is 19.2 Å². The van der Waals surface area contributed by atoms with Crippen molar-refractivity contribution >= 4 is 5.91 Å². The van der Waals surface area contributed by atoms with Crippen LogP contribution in [0.1, 0.15) is 284 Å². The van der Waals surface area contributed by atoms with E-state index in [4.69, 9.17) is 0 Å². The van der Waals surface area contributed by atoms with Crippen LogP contribution in [0, 0.1) is 0 Å². The van der Waals surface area contributed by atoms with Crippen molar-refractivity contribution in [2.75, 3.05) is 6.61 Å². The van der Waals surface area contributed by atoms with Gasteiger partial charge in [0.05, 0.1) is 31.3 Å². The first kappa shape index (κ1) is 53.4. The van der Waals surface area contributed by atoms with Gasteiger partial charge in [-0.1, -0.05) is 264 Å². The number of hydrogen-bond donors (Lipinski definition) is 4. The van der Waals surface area contributed by atoms with Gasteiger partial charge in [0.25, 0.3) is 0 Å². The molecule has 4 N–H and O–H groups in total.